The standard InChI is InChI=1S/C29H40F3N7O/c1-3-12-38(20(2)18-30)22-10-8-21(9-11-22)19-33-29-35-25(37-13-15-40-16-14-37)17-26(36-29)39-24-7-5-4-6-23(24)34-28(39)27(31)32/h4-7,17,20-22,27H,3,8-16,18-19H2,1-2H3,(H,33,35,36). The molecule has 1 unspecified atom stereocenters. The van der Waals surface area contributed by atoms with Gasteiger partial charge >= 0.3 is 0 Å². The van der Waals surface area contributed by atoms with E-state index in [0.717, 1.165) is 38.6 Å². The topological polar surface area (TPSA) is 71.3 Å². The lowest BCUT2D eigenvalue weighted by Gasteiger charge is -2.39. The molecule has 3 aromatic rings. The van der Waals surface area contributed by atoms with Gasteiger partial charge in [-0.1, -0.05) is 19.1 Å². The van der Waals surface area contributed by atoms with Crippen molar-refractivity contribution in [1.29, 1.82) is 0 Å². The fourth-order valence-electron chi connectivity index (χ4n) is 6.03. The number of benzene rings is 1. The summed E-state index contributed by atoms with van der Waals surface area (Å²) >= 11 is 0. The molecule has 0 amide bonds. The molecule has 1 N–H and O–H groups in total. The molecular weight excluding hydrogens is 519 g/mol. The van der Waals surface area contributed by atoms with E-state index in [9.17, 15) is 13.2 Å². The normalized spacial score (nSPS) is 20.9. The van der Waals surface area contributed by atoms with Crippen LogP contribution in [0, 0.1) is 5.92 Å². The molecule has 11 heteroatoms. The average Bonchev–Trinajstić information content (AvgIpc) is 3.39. The minimum absolute atomic E-state index is 0.0493. The van der Waals surface area contributed by atoms with Crippen LogP contribution in [0.5, 0.6) is 0 Å². The van der Waals surface area contributed by atoms with Crippen molar-refractivity contribution < 1.29 is 17.9 Å². The number of nitrogens with zero attached hydrogens (tertiary/aromatic N) is 6. The van der Waals surface area contributed by atoms with Gasteiger partial charge in [-0.05, 0) is 63.6 Å². The Bertz CT molecular complexity index is 1240. The van der Waals surface area contributed by atoms with Crippen LogP contribution in [0.25, 0.3) is 16.9 Å². The van der Waals surface area contributed by atoms with Crippen molar-refractivity contribution in [3.63, 3.8) is 0 Å². The third-order valence-electron chi connectivity index (χ3n) is 8.15. The molecule has 2 aromatic heterocycles. The fourth-order valence-corrected chi connectivity index (χ4v) is 6.03. The highest BCUT2D eigenvalue weighted by atomic mass is 19.3. The van der Waals surface area contributed by atoms with E-state index in [0.29, 0.717) is 73.4 Å². The van der Waals surface area contributed by atoms with E-state index in [-0.39, 0.29) is 18.5 Å². The molecule has 8 nitrogen and oxygen atoms in total. The molecule has 0 spiro atoms. The van der Waals surface area contributed by atoms with Crippen molar-refractivity contribution in [2.75, 3.05) is 56.3 Å². The molecule has 1 aromatic carbocycles. The summed E-state index contributed by atoms with van der Waals surface area (Å²) in [5, 5.41) is 3.42. The number of morpholine rings is 1. The van der Waals surface area contributed by atoms with Gasteiger partial charge in [-0.25, -0.2) is 18.2 Å². The van der Waals surface area contributed by atoms with Gasteiger partial charge in [0, 0.05) is 37.8 Å². The number of nitrogens with one attached hydrogen (secondary N) is 1. The zero-order chi connectivity index (χ0) is 28.1. The first-order valence-corrected chi connectivity index (χ1v) is 14.5. The molecule has 1 aliphatic carbocycles. The summed E-state index contributed by atoms with van der Waals surface area (Å²) in [5.41, 5.74) is 1.07. The molecule has 1 saturated carbocycles. The highest BCUT2D eigenvalue weighted by Crippen LogP contribution is 2.31. The number of rotatable bonds is 11. The number of ether oxygens (including phenoxy) is 1. The Labute approximate surface area is 233 Å². The van der Waals surface area contributed by atoms with E-state index >= 15 is 0 Å². The van der Waals surface area contributed by atoms with Crippen LogP contribution < -0.4 is 10.2 Å². The third kappa shape index (κ3) is 6.35. The van der Waals surface area contributed by atoms with E-state index in [1.54, 1.807) is 24.3 Å². The Morgan fingerprint density at radius 1 is 1.05 bits per heavy atom. The second-order valence-electron chi connectivity index (χ2n) is 10.9. The van der Waals surface area contributed by atoms with Crippen LogP contribution in [0.2, 0.25) is 0 Å². The summed E-state index contributed by atoms with van der Waals surface area (Å²) in [5.74, 6) is 1.55. The fraction of sp³-hybridized carbons (Fsp3) is 0.621. The van der Waals surface area contributed by atoms with Crippen molar-refractivity contribution >= 4 is 22.8 Å². The van der Waals surface area contributed by atoms with Gasteiger partial charge in [0.05, 0.1) is 24.2 Å². The summed E-state index contributed by atoms with van der Waals surface area (Å²) in [7, 11) is 0. The Hall–Kier alpha value is -2.92. The van der Waals surface area contributed by atoms with E-state index < -0.39 is 6.43 Å². The quantitative estimate of drug-likeness (QED) is 0.327. The lowest BCUT2D eigenvalue weighted by atomic mass is 9.84. The molecule has 3 heterocycles. The maximum atomic E-state index is 14.1. The van der Waals surface area contributed by atoms with Crippen molar-refractivity contribution in [2.24, 2.45) is 5.92 Å². The van der Waals surface area contributed by atoms with Gasteiger partial charge in [-0.15, -0.1) is 0 Å². The van der Waals surface area contributed by atoms with Crippen LogP contribution in [0.3, 0.4) is 0 Å². The Kier molecular flexibility index (Phi) is 9.41. The monoisotopic (exact) mass is 559 g/mol. The highest BCUT2D eigenvalue weighted by Gasteiger charge is 2.29. The van der Waals surface area contributed by atoms with Gasteiger partial charge in [0.15, 0.2) is 5.82 Å². The zero-order valence-electron chi connectivity index (χ0n) is 23.4. The van der Waals surface area contributed by atoms with Crippen LogP contribution >= 0.6 is 0 Å². The molecule has 0 radical (unpaired) electrons. The predicted molar refractivity (Wildman–Crippen MR) is 151 cm³/mol. The van der Waals surface area contributed by atoms with Gasteiger partial charge in [0.2, 0.25) is 5.95 Å². The predicted octanol–water partition coefficient (Wildman–Crippen LogP) is 5.63. The maximum Gasteiger partial charge on any atom is 0.296 e. The molecule has 0 bridgehead atoms. The SMILES string of the molecule is CCCN(C(C)CF)C1CCC(CNc2nc(N3CCOCC3)cc(-n3c(C(F)F)nc4ccccc43)n2)CC1. The van der Waals surface area contributed by atoms with Crippen LogP contribution in [-0.4, -0.2) is 82.6 Å². The summed E-state index contributed by atoms with van der Waals surface area (Å²) < 4.78 is 48.6. The van der Waals surface area contributed by atoms with E-state index in [1.165, 1.54) is 4.57 Å². The van der Waals surface area contributed by atoms with Crippen LogP contribution in [0.15, 0.2) is 30.3 Å². The molecular formula is C29H40F3N7O. The van der Waals surface area contributed by atoms with E-state index in [2.05, 4.69) is 27.0 Å². The van der Waals surface area contributed by atoms with Gasteiger partial charge in [0.1, 0.15) is 18.3 Å². The molecule has 1 saturated heterocycles. The molecule has 1 aliphatic heterocycles. The van der Waals surface area contributed by atoms with Gasteiger partial charge < -0.3 is 15.0 Å². The second-order valence-corrected chi connectivity index (χ2v) is 10.9. The van der Waals surface area contributed by atoms with Gasteiger partial charge in [-0.3, -0.25) is 9.47 Å². The largest absolute Gasteiger partial charge is 0.378 e. The van der Waals surface area contributed by atoms with Gasteiger partial charge in [-0.2, -0.15) is 9.97 Å². The second kappa shape index (κ2) is 13.2. The molecule has 2 fully saturated rings. The smallest absolute Gasteiger partial charge is 0.296 e. The molecule has 2 aliphatic rings. The first-order valence-electron chi connectivity index (χ1n) is 14.5. The Balaban J connectivity index is 1.37. The number of hydrogen-bond acceptors (Lipinski definition) is 7. The zero-order valence-corrected chi connectivity index (χ0v) is 23.4. The number of alkyl halides is 3. The van der Waals surface area contributed by atoms with E-state index in [1.807, 2.05) is 13.0 Å². The highest BCUT2D eigenvalue weighted by molar-refractivity contribution is 5.78. The first-order chi connectivity index (χ1) is 19.5. The number of hydrogen-bond donors (Lipinski definition) is 1. The van der Waals surface area contributed by atoms with Crippen LogP contribution in [0.1, 0.15) is 58.2 Å². The lowest BCUT2D eigenvalue weighted by Crippen LogP contribution is -2.45. The van der Waals surface area contributed by atoms with Crippen LogP contribution in [0.4, 0.5) is 24.9 Å². The number of fused-ring (bicyclic) bond motifs is 1. The number of para-hydroxylation sites is 2. The minimum Gasteiger partial charge on any atom is -0.378 e. The number of aromatic nitrogens is 4. The third-order valence-corrected chi connectivity index (χ3v) is 8.15. The number of anilines is 2. The molecule has 5 rings (SSSR count). The average molecular weight is 560 g/mol. The number of imidazole rings is 1. The maximum absolute atomic E-state index is 14.1. The summed E-state index contributed by atoms with van der Waals surface area (Å²) in [6, 6.07) is 9.23. The van der Waals surface area contributed by atoms with Gasteiger partial charge in [0.25, 0.3) is 6.43 Å². The van der Waals surface area contributed by atoms with Crippen molar-refractivity contribution in [2.45, 2.75) is 64.5 Å². The Morgan fingerprint density at radius 3 is 2.48 bits per heavy atom. The van der Waals surface area contributed by atoms with E-state index in [4.69, 9.17) is 14.7 Å². The van der Waals surface area contributed by atoms with Crippen LogP contribution in [-0.2, 0) is 4.74 Å². The van der Waals surface area contributed by atoms with Crippen molar-refractivity contribution in [3.05, 3.63) is 36.2 Å². The number of halogens is 3. The summed E-state index contributed by atoms with van der Waals surface area (Å²) in [6.07, 6.45) is 2.41. The lowest BCUT2D eigenvalue weighted by molar-refractivity contribution is 0.0860. The molecule has 1 atom stereocenters. The van der Waals surface area contributed by atoms with Crippen molar-refractivity contribution in [3.8, 4) is 5.82 Å². The first kappa shape index (κ1) is 28.6. The Morgan fingerprint density at radius 2 is 1.77 bits per heavy atom. The summed E-state index contributed by atoms with van der Waals surface area (Å²) in [6.45, 7) is 7.90. The minimum atomic E-state index is -2.76. The summed E-state index contributed by atoms with van der Waals surface area (Å²) in [4.78, 5) is 18.1. The van der Waals surface area contributed by atoms with Crippen molar-refractivity contribution in [1.82, 2.24) is 24.4 Å². The molecule has 218 valence electrons. The molecule has 40 heavy (non-hydrogen) atoms.